The molecular formula is C17H19NO. The Kier molecular flexibility index (Phi) is 3.58. The monoisotopic (exact) mass is 253 g/mol. The minimum absolute atomic E-state index is 0.445. The van der Waals surface area contributed by atoms with E-state index in [2.05, 4.69) is 29.2 Å². The van der Waals surface area contributed by atoms with Crippen molar-refractivity contribution in [2.45, 2.75) is 38.5 Å². The van der Waals surface area contributed by atoms with Crippen LogP contribution in [0.15, 0.2) is 36.5 Å². The third kappa shape index (κ3) is 2.83. The van der Waals surface area contributed by atoms with E-state index in [0.29, 0.717) is 11.7 Å². The van der Waals surface area contributed by atoms with Gasteiger partial charge in [-0.1, -0.05) is 24.6 Å². The summed E-state index contributed by atoms with van der Waals surface area (Å²) in [5.41, 5.74) is 2.39. The quantitative estimate of drug-likeness (QED) is 0.759. The smallest absolute Gasteiger partial charge is 0.133 e. The van der Waals surface area contributed by atoms with Gasteiger partial charge in [-0.05, 0) is 42.9 Å². The second-order valence-corrected chi connectivity index (χ2v) is 5.55. The summed E-state index contributed by atoms with van der Waals surface area (Å²) in [5.74, 6) is 0.960. The molecule has 0 aliphatic heterocycles. The van der Waals surface area contributed by atoms with E-state index in [1.54, 1.807) is 0 Å². The van der Waals surface area contributed by atoms with Crippen molar-refractivity contribution in [3.05, 3.63) is 42.1 Å². The Labute approximate surface area is 113 Å². The minimum Gasteiger partial charge on any atom is -0.300 e. The van der Waals surface area contributed by atoms with E-state index in [9.17, 15) is 4.79 Å². The molecule has 2 aromatic rings. The molecule has 3 rings (SSSR count). The van der Waals surface area contributed by atoms with Crippen LogP contribution in [0.3, 0.4) is 0 Å². The van der Waals surface area contributed by atoms with Crippen molar-refractivity contribution in [3.8, 4) is 0 Å². The zero-order valence-corrected chi connectivity index (χ0v) is 11.1. The van der Waals surface area contributed by atoms with Crippen molar-refractivity contribution >= 4 is 16.7 Å². The van der Waals surface area contributed by atoms with Gasteiger partial charge in [0.2, 0.25) is 0 Å². The van der Waals surface area contributed by atoms with E-state index < -0.39 is 0 Å². The summed E-state index contributed by atoms with van der Waals surface area (Å²) < 4.78 is 0. The maximum Gasteiger partial charge on any atom is 0.133 e. The van der Waals surface area contributed by atoms with Crippen LogP contribution in [0.2, 0.25) is 0 Å². The lowest BCUT2D eigenvalue weighted by Gasteiger charge is -2.14. The molecule has 1 aromatic heterocycles. The molecule has 0 saturated heterocycles. The fraction of sp³-hybridized carbons (Fsp3) is 0.412. The van der Waals surface area contributed by atoms with Gasteiger partial charge in [-0.25, -0.2) is 0 Å². The maximum atomic E-state index is 11.7. The van der Waals surface area contributed by atoms with Gasteiger partial charge in [0.15, 0.2) is 0 Å². The van der Waals surface area contributed by atoms with Gasteiger partial charge in [-0.3, -0.25) is 9.78 Å². The topological polar surface area (TPSA) is 30.0 Å². The Balaban J connectivity index is 1.86. The SMILES string of the molecule is O=C1CCCCC(Cc2ccnc3ccccc23)C1. The fourth-order valence-electron chi connectivity index (χ4n) is 3.10. The van der Waals surface area contributed by atoms with Crippen LogP contribution in [-0.4, -0.2) is 10.8 Å². The van der Waals surface area contributed by atoms with Crippen molar-refractivity contribution < 1.29 is 4.79 Å². The summed E-state index contributed by atoms with van der Waals surface area (Å²) in [7, 11) is 0. The second-order valence-electron chi connectivity index (χ2n) is 5.55. The number of nitrogens with zero attached hydrogens (tertiary/aromatic N) is 1. The molecule has 1 unspecified atom stereocenters. The highest BCUT2D eigenvalue weighted by atomic mass is 16.1. The summed E-state index contributed by atoms with van der Waals surface area (Å²) in [5, 5.41) is 1.24. The standard InChI is InChI=1S/C17H19NO/c19-15-6-2-1-5-13(12-15)11-14-9-10-18-17-8-4-3-7-16(14)17/h3-4,7-10,13H,1-2,5-6,11-12H2. The first-order valence-electron chi connectivity index (χ1n) is 7.17. The number of Topliss-reactive ketones (excluding diaryl/α,β-unsaturated/α-hetero) is 1. The lowest BCUT2D eigenvalue weighted by molar-refractivity contribution is -0.119. The number of carbonyl (C=O) groups is 1. The first-order valence-corrected chi connectivity index (χ1v) is 7.17. The molecule has 1 fully saturated rings. The molecule has 0 spiro atoms. The zero-order valence-electron chi connectivity index (χ0n) is 11.1. The summed E-state index contributed by atoms with van der Waals surface area (Å²) in [6, 6.07) is 10.4. The number of fused-ring (bicyclic) bond motifs is 1. The number of ketones is 1. The molecular weight excluding hydrogens is 234 g/mol. The van der Waals surface area contributed by atoms with Crippen LogP contribution in [0.4, 0.5) is 0 Å². The average Bonchev–Trinajstić information content (AvgIpc) is 2.63. The van der Waals surface area contributed by atoms with Crippen LogP contribution in [0, 0.1) is 5.92 Å². The number of hydrogen-bond acceptors (Lipinski definition) is 2. The molecule has 2 nitrogen and oxygen atoms in total. The Morgan fingerprint density at radius 1 is 1.16 bits per heavy atom. The average molecular weight is 253 g/mol. The second kappa shape index (κ2) is 5.52. The summed E-state index contributed by atoms with van der Waals surface area (Å²) in [6.07, 6.45) is 7.89. The van der Waals surface area contributed by atoms with Gasteiger partial charge in [-0.2, -0.15) is 0 Å². The van der Waals surface area contributed by atoms with E-state index in [-0.39, 0.29) is 0 Å². The molecule has 0 N–H and O–H groups in total. The predicted octanol–water partition coefficient (Wildman–Crippen LogP) is 3.93. The largest absolute Gasteiger partial charge is 0.300 e. The third-order valence-electron chi connectivity index (χ3n) is 4.08. The Hall–Kier alpha value is -1.70. The summed E-state index contributed by atoms with van der Waals surface area (Å²) in [4.78, 5) is 16.1. The molecule has 1 aliphatic carbocycles. The third-order valence-corrected chi connectivity index (χ3v) is 4.08. The first kappa shape index (κ1) is 12.3. The van der Waals surface area contributed by atoms with Crippen molar-refractivity contribution in [1.82, 2.24) is 4.98 Å². The molecule has 1 aromatic carbocycles. The highest BCUT2D eigenvalue weighted by molar-refractivity contribution is 5.82. The van der Waals surface area contributed by atoms with Crippen molar-refractivity contribution in [1.29, 1.82) is 0 Å². The van der Waals surface area contributed by atoms with Gasteiger partial charge in [0.1, 0.15) is 5.78 Å². The number of carbonyl (C=O) groups excluding carboxylic acids is 1. The Morgan fingerprint density at radius 3 is 3.00 bits per heavy atom. The van der Waals surface area contributed by atoms with Crippen molar-refractivity contribution in [2.24, 2.45) is 5.92 Å². The van der Waals surface area contributed by atoms with Gasteiger partial charge in [-0.15, -0.1) is 0 Å². The van der Waals surface area contributed by atoms with Crippen molar-refractivity contribution in [2.75, 3.05) is 0 Å². The van der Waals surface area contributed by atoms with E-state index in [0.717, 1.165) is 31.2 Å². The summed E-state index contributed by atoms with van der Waals surface area (Å²) in [6.45, 7) is 0. The molecule has 1 saturated carbocycles. The van der Waals surface area contributed by atoms with Crippen LogP contribution in [0.5, 0.6) is 0 Å². The molecule has 0 amide bonds. The molecule has 98 valence electrons. The van der Waals surface area contributed by atoms with Gasteiger partial charge < -0.3 is 0 Å². The Morgan fingerprint density at radius 2 is 2.05 bits per heavy atom. The highest BCUT2D eigenvalue weighted by Gasteiger charge is 2.18. The summed E-state index contributed by atoms with van der Waals surface area (Å²) >= 11 is 0. The van der Waals surface area contributed by atoms with Crippen LogP contribution in [0.1, 0.15) is 37.7 Å². The molecule has 0 bridgehead atoms. The van der Waals surface area contributed by atoms with E-state index in [1.165, 1.54) is 23.8 Å². The van der Waals surface area contributed by atoms with E-state index in [4.69, 9.17) is 0 Å². The predicted molar refractivity (Wildman–Crippen MR) is 77.0 cm³/mol. The number of aromatic nitrogens is 1. The van der Waals surface area contributed by atoms with Gasteiger partial charge >= 0.3 is 0 Å². The van der Waals surface area contributed by atoms with E-state index >= 15 is 0 Å². The van der Waals surface area contributed by atoms with Crippen molar-refractivity contribution in [3.63, 3.8) is 0 Å². The normalized spacial score (nSPS) is 20.4. The van der Waals surface area contributed by atoms with Gasteiger partial charge in [0.05, 0.1) is 5.52 Å². The minimum atomic E-state index is 0.445. The van der Waals surface area contributed by atoms with Crippen LogP contribution < -0.4 is 0 Å². The molecule has 1 atom stereocenters. The number of benzene rings is 1. The molecule has 1 aliphatic rings. The van der Waals surface area contributed by atoms with Crippen LogP contribution in [-0.2, 0) is 11.2 Å². The number of para-hydroxylation sites is 1. The van der Waals surface area contributed by atoms with Crippen LogP contribution in [0.25, 0.3) is 10.9 Å². The molecule has 2 heteroatoms. The number of rotatable bonds is 2. The van der Waals surface area contributed by atoms with E-state index in [1.807, 2.05) is 12.3 Å². The van der Waals surface area contributed by atoms with Crippen LogP contribution >= 0.6 is 0 Å². The maximum absolute atomic E-state index is 11.7. The number of pyridine rings is 1. The highest BCUT2D eigenvalue weighted by Crippen LogP contribution is 2.27. The molecule has 19 heavy (non-hydrogen) atoms. The van der Waals surface area contributed by atoms with Gasteiger partial charge in [0.25, 0.3) is 0 Å². The molecule has 0 radical (unpaired) electrons. The lowest BCUT2D eigenvalue weighted by atomic mass is 9.91. The first-order chi connectivity index (χ1) is 9.33. The number of hydrogen-bond donors (Lipinski definition) is 0. The fourth-order valence-corrected chi connectivity index (χ4v) is 3.10. The molecule has 1 heterocycles. The lowest BCUT2D eigenvalue weighted by Crippen LogP contribution is -2.08. The Bertz CT molecular complexity index is 585. The van der Waals surface area contributed by atoms with Gasteiger partial charge in [0, 0.05) is 24.4 Å². The zero-order chi connectivity index (χ0) is 13.1.